The number of hydrogen-bond donors (Lipinski definition) is 1. The van der Waals surface area contributed by atoms with E-state index in [1.807, 2.05) is 6.92 Å². The lowest BCUT2D eigenvalue weighted by Crippen LogP contribution is -2.28. The lowest BCUT2D eigenvalue weighted by molar-refractivity contribution is 0.0395. The average molecular weight is 386 g/mol. The Bertz CT molecular complexity index is 840. The first kappa shape index (κ1) is 18.8. The van der Waals surface area contributed by atoms with Gasteiger partial charge in [0, 0.05) is 18.7 Å². The Morgan fingerprint density at radius 1 is 1.50 bits per heavy atom. The molecule has 1 aromatic carbocycles. The molecule has 6 nitrogen and oxygen atoms in total. The van der Waals surface area contributed by atoms with Crippen LogP contribution in [-0.4, -0.2) is 41.7 Å². The first-order valence-corrected chi connectivity index (χ1v) is 8.52. The van der Waals surface area contributed by atoms with E-state index in [0.717, 1.165) is 23.2 Å². The van der Waals surface area contributed by atoms with Crippen molar-refractivity contribution in [3.63, 3.8) is 0 Å². The molecule has 0 amide bonds. The van der Waals surface area contributed by atoms with Crippen LogP contribution in [0.15, 0.2) is 29.2 Å². The second kappa shape index (κ2) is 8.11. The van der Waals surface area contributed by atoms with Gasteiger partial charge in [-0.3, -0.25) is 4.79 Å². The van der Waals surface area contributed by atoms with Crippen molar-refractivity contribution in [2.24, 2.45) is 0 Å². The van der Waals surface area contributed by atoms with Crippen molar-refractivity contribution in [3.05, 3.63) is 51.4 Å². The van der Waals surface area contributed by atoms with Crippen LogP contribution in [0.2, 0.25) is 5.02 Å². The predicted molar refractivity (Wildman–Crippen MR) is 93.0 cm³/mol. The number of aromatic nitrogens is 2. The summed E-state index contributed by atoms with van der Waals surface area (Å²) in [6, 6.07) is 2.71. The highest BCUT2D eigenvalue weighted by molar-refractivity contribution is 6.32. The SMILES string of the molecule is CC(COC1CCOC1)Nc1cnn(-c2ccc(F)cc2F)c(=O)c1Cl. The van der Waals surface area contributed by atoms with Crippen LogP contribution in [0.3, 0.4) is 0 Å². The molecule has 1 aliphatic rings. The van der Waals surface area contributed by atoms with Crippen molar-refractivity contribution in [3.8, 4) is 5.69 Å². The molecule has 0 aliphatic carbocycles. The zero-order valence-corrected chi connectivity index (χ0v) is 14.8. The van der Waals surface area contributed by atoms with Crippen molar-refractivity contribution < 1.29 is 18.3 Å². The molecular formula is C17H18ClF2N3O3. The number of nitrogens with one attached hydrogen (secondary N) is 1. The first-order valence-electron chi connectivity index (χ1n) is 8.15. The zero-order chi connectivity index (χ0) is 18.7. The maximum atomic E-state index is 13.9. The third-order valence-corrected chi connectivity index (χ3v) is 4.29. The van der Waals surface area contributed by atoms with Crippen molar-refractivity contribution in [1.29, 1.82) is 0 Å². The highest BCUT2D eigenvalue weighted by Crippen LogP contribution is 2.19. The Hall–Kier alpha value is -2.03. The molecule has 2 unspecified atom stereocenters. The van der Waals surface area contributed by atoms with Gasteiger partial charge in [0.1, 0.15) is 16.5 Å². The molecule has 2 aromatic rings. The third kappa shape index (κ3) is 4.20. The summed E-state index contributed by atoms with van der Waals surface area (Å²) in [7, 11) is 0. The van der Waals surface area contributed by atoms with Crippen molar-refractivity contribution >= 4 is 17.3 Å². The fourth-order valence-electron chi connectivity index (χ4n) is 2.59. The fraction of sp³-hybridized carbons (Fsp3) is 0.412. The monoisotopic (exact) mass is 385 g/mol. The first-order chi connectivity index (χ1) is 12.5. The Morgan fingerprint density at radius 2 is 2.31 bits per heavy atom. The molecule has 26 heavy (non-hydrogen) atoms. The van der Waals surface area contributed by atoms with E-state index in [2.05, 4.69) is 10.4 Å². The van der Waals surface area contributed by atoms with Crippen LogP contribution >= 0.6 is 11.6 Å². The molecule has 0 bridgehead atoms. The van der Waals surface area contributed by atoms with Gasteiger partial charge >= 0.3 is 0 Å². The van der Waals surface area contributed by atoms with E-state index in [1.165, 1.54) is 6.20 Å². The highest BCUT2D eigenvalue weighted by atomic mass is 35.5. The fourth-order valence-corrected chi connectivity index (χ4v) is 2.77. The molecule has 2 heterocycles. The van der Waals surface area contributed by atoms with Gasteiger partial charge in [0.15, 0.2) is 5.82 Å². The topological polar surface area (TPSA) is 65.4 Å². The molecule has 1 saturated heterocycles. The van der Waals surface area contributed by atoms with Gasteiger partial charge in [-0.15, -0.1) is 0 Å². The number of benzene rings is 1. The lowest BCUT2D eigenvalue weighted by atomic mass is 10.3. The van der Waals surface area contributed by atoms with Crippen molar-refractivity contribution in [2.45, 2.75) is 25.5 Å². The Balaban J connectivity index is 1.73. The van der Waals surface area contributed by atoms with Crippen LogP contribution in [0.4, 0.5) is 14.5 Å². The van der Waals surface area contributed by atoms with Gasteiger partial charge in [-0.05, 0) is 25.5 Å². The maximum Gasteiger partial charge on any atom is 0.292 e. The number of nitrogens with zero attached hydrogens (tertiary/aromatic N) is 2. The zero-order valence-electron chi connectivity index (χ0n) is 14.0. The molecule has 1 N–H and O–H groups in total. The van der Waals surface area contributed by atoms with Gasteiger partial charge in [-0.1, -0.05) is 11.6 Å². The molecule has 9 heteroatoms. The van der Waals surface area contributed by atoms with E-state index in [0.29, 0.717) is 31.6 Å². The molecule has 3 rings (SSSR count). The van der Waals surface area contributed by atoms with Crippen LogP contribution in [0.25, 0.3) is 5.69 Å². The van der Waals surface area contributed by atoms with E-state index in [4.69, 9.17) is 21.1 Å². The van der Waals surface area contributed by atoms with Crippen LogP contribution < -0.4 is 10.9 Å². The molecular weight excluding hydrogens is 368 g/mol. The quantitative estimate of drug-likeness (QED) is 0.828. The largest absolute Gasteiger partial charge is 0.379 e. The van der Waals surface area contributed by atoms with Crippen molar-refractivity contribution in [1.82, 2.24) is 9.78 Å². The Labute approximate surface area is 153 Å². The second-order valence-corrected chi connectivity index (χ2v) is 6.43. The van der Waals surface area contributed by atoms with E-state index in [9.17, 15) is 13.6 Å². The summed E-state index contributed by atoms with van der Waals surface area (Å²) in [6.07, 6.45) is 2.25. The highest BCUT2D eigenvalue weighted by Gasteiger charge is 2.18. The lowest BCUT2D eigenvalue weighted by Gasteiger charge is -2.18. The van der Waals surface area contributed by atoms with Crippen LogP contribution in [0.1, 0.15) is 13.3 Å². The minimum atomic E-state index is -0.906. The Morgan fingerprint density at radius 3 is 3.00 bits per heavy atom. The molecule has 1 fully saturated rings. The predicted octanol–water partition coefficient (Wildman–Crippen LogP) is 2.77. The molecule has 2 atom stereocenters. The average Bonchev–Trinajstić information content (AvgIpc) is 3.12. The molecule has 0 radical (unpaired) electrons. The number of anilines is 1. The molecule has 140 valence electrons. The molecule has 0 saturated carbocycles. The molecule has 1 aliphatic heterocycles. The van der Waals surface area contributed by atoms with Gasteiger partial charge in [-0.25, -0.2) is 8.78 Å². The minimum absolute atomic E-state index is 0.0716. The Kier molecular flexibility index (Phi) is 5.85. The second-order valence-electron chi connectivity index (χ2n) is 6.05. The minimum Gasteiger partial charge on any atom is -0.379 e. The van der Waals surface area contributed by atoms with Gasteiger partial charge in [0.05, 0.1) is 31.2 Å². The van der Waals surface area contributed by atoms with E-state index < -0.39 is 17.2 Å². The summed E-state index contributed by atoms with van der Waals surface area (Å²) in [5.41, 5.74) is -0.573. The van der Waals surface area contributed by atoms with Gasteiger partial charge in [0.25, 0.3) is 5.56 Å². The van der Waals surface area contributed by atoms with Crippen LogP contribution in [0, 0.1) is 11.6 Å². The number of hydrogen-bond acceptors (Lipinski definition) is 5. The number of ether oxygens (including phenoxy) is 2. The van der Waals surface area contributed by atoms with Gasteiger partial charge < -0.3 is 14.8 Å². The third-order valence-electron chi connectivity index (χ3n) is 3.93. The van der Waals surface area contributed by atoms with Crippen molar-refractivity contribution in [2.75, 3.05) is 25.1 Å². The summed E-state index contributed by atoms with van der Waals surface area (Å²) >= 11 is 6.11. The maximum absolute atomic E-state index is 13.9. The standard InChI is InChI=1S/C17H18ClF2N3O3/c1-10(8-26-12-4-5-25-9-12)22-14-7-21-23(17(24)16(14)18)15-3-2-11(19)6-13(15)20/h2-3,6-7,10,12,22H,4-5,8-9H2,1H3. The summed E-state index contributed by atoms with van der Waals surface area (Å²) in [5, 5.41) is 6.84. The van der Waals surface area contributed by atoms with E-state index in [-0.39, 0.29) is 22.9 Å². The van der Waals surface area contributed by atoms with E-state index in [1.54, 1.807) is 0 Å². The molecule has 1 aromatic heterocycles. The summed E-state index contributed by atoms with van der Waals surface area (Å²) in [5.74, 6) is -1.65. The summed E-state index contributed by atoms with van der Waals surface area (Å²) < 4.78 is 38.7. The van der Waals surface area contributed by atoms with Crippen LogP contribution in [-0.2, 0) is 9.47 Å². The van der Waals surface area contributed by atoms with Crippen LogP contribution in [0.5, 0.6) is 0 Å². The van der Waals surface area contributed by atoms with Gasteiger partial charge in [-0.2, -0.15) is 9.78 Å². The normalized spacial score (nSPS) is 18.1. The number of halogens is 3. The summed E-state index contributed by atoms with van der Waals surface area (Å²) in [4.78, 5) is 12.4. The number of rotatable bonds is 6. The summed E-state index contributed by atoms with van der Waals surface area (Å²) in [6.45, 7) is 3.55. The van der Waals surface area contributed by atoms with E-state index >= 15 is 0 Å². The van der Waals surface area contributed by atoms with Gasteiger partial charge in [0.2, 0.25) is 0 Å². The molecule has 0 spiro atoms. The smallest absolute Gasteiger partial charge is 0.292 e.